The van der Waals surface area contributed by atoms with Crippen LogP contribution in [0.25, 0.3) is 0 Å². The number of hydrogen-bond donors (Lipinski definition) is 2. The molecule has 0 aromatic carbocycles. The zero-order valence-electron chi connectivity index (χ0n) is 11.7. The summed E-state index contributed by atoms with van der Waals surface area (Å²) < 4.78 is 0. The van der Waals surface area contributed by atoms with E-state index in [1.807, 2.05) is 0 Å². The molecule has 0 amide bonds. The Morgan fingerprint density at radius 2 is 1.82 bits per heavy atom. The minimum atomic E-state index is 0.986. The van der Waals surface area contributed by atoms with Gasteiger partial charge >= 0.3 is 0 Å². The van der Waals surface area contributed by atoms with Crippen LogP contribution in [-0.2, 0) is 0 Å². The van der Waals surface area contributed by atoms with Crippen LogP contribution in [0.5, 0.6) is 0 Å². The van der Waals surface area contributed by atoms with Gasteiger partial charge in [0.25, 0.3) is 0 Å². The highest BCUT2D eigenvalue weighted by Crippen LogP contribution is 1.92. The zero-order chi connectivity index (χ0) is 12.5. The Hall–Kier alpha value is -0.200. The molecule has 1 fully saturated rings. The van der Waals surface area contributed by atoms with Crippen LogP contribution < -0.4 is 10.6 Å². The minimum Gasteiger partial charge on any atom is -0.314 e. The highest BCUT2D eigenvalue weighted by atomic mass is 15.2. The van der Waals surface area contributed by atoms with Crippen LogP contribution in [0.3, 0.4) is 0 Å². The second kappa shape index (κ2) is 8.83. The number of nitrogens with zero attached hydrogens (tertiary/aromatic N) is 3. The van der Waals surface area contributed by atoms with Gasteiger partial charge in [-0.25, -0.2) is 0 Å². The van der Waals surface area contributed by atoms with E-state index in [9.17, 15) is 0 Å². The van der Waals surface area contributed by atoms with Gasteiger partial charge in [0.1, 0.15) is 0 Å². The normalized spacial score (nSPS) is 18.2. The fraction of sp³-hybridized carbons (Fsp3) is 1.00. The van der Waals surface area contributed by atoms with Crippen molar-refractivity contribution in [1.82, 2.24) is 25.3 Å². The van der Waals surface area contributed by atoms with Crippen molar-refractivity contribution in [3.8, 4) is 0 Å². The molecule has 0 aliphatic carbocycles. The number of piperazine rings is 1. The Balaban J connectivity index is 1.94. The minimum absolute atomic E-state index is 0.986. The van der Waals surface area contributed by atoms with Crippen LogP contribution in [0.1, 0.15) is 0 Å². The largest absolute Gasteiger partial charge is 0.314 e. The van der Waals surface area contributed by atoms with Crippen molar-refractivity contribution in [1.29, 1.82) is 0 Å². The van der Waals surface area contributed by atoms with Crippen molar-refractivity contribution in [2.24, 2.45) is 0 Å². The molecular weight excluding hydrogens is 214 g/mol. The molecule has 0 spiro atoms. The van der Waals surface area contributed by atoms with Crippen LogP contribution in [-0.4, -0.2) is 94.9 Å². The number of likely N-dealkylation sites (N-methyl/N-ethyl adjacent to an activating group) is 2. The summed E-state index contributed by atoms with van der Waals surface area (Å²) in [4.78, 5) is 7.10. The molecule has 0 saturated carbocycles. The third kappa shape index (κ3) is 7.68. The van der Waals surface area contributed by atoms with E-state index in [1.165, 1.54) is 19.6 Å². The summed E-state index contributed by atoms with van der Waals surface area (Å²) in [5, 5.41) is 6.84. The van der Waals surface area contributed by atoms with Gasteiger partial charge in [-0.05, 0) is 21.1 Å². The molecule has 0 radical (unpaired) electrons. The summed E-state index contributed by atoms with van der Waals surface area (Å²) in [6.45, 7) is 10.2. The zero-order valence-corrected chi connectivity index (χ0v) is 11.7. The smallest absolute Gasteiger partial charge is 0.0478 e. The maximum Gasteiger partial charge on any atom is 0.0478 e. The van der Waals surface area contributed by atoms with E-state index in [0.717, 1.165) is 39.4 Å². The van der Waals surface area contributed by atoms with E-state index in [4.69, 9.17) is 0 Å². The lowest BCUT2D eigenvalue weighted by Gasteiger charge is -2.29. The van der Waals surface area contributed by atoms with Gasteiger partial charge in [0.15, 0.2) is 0 Å². The Morgan fingerprint density at radius 1 is 1.12 bits per heavy atom. The predicted molar refractivity (Wildman–Crippen MR) is 73.4 cm³/mol. The molecule has 102 valence electrons. The molecule has 0 aromatic heterocycles. The van der Waals surface area contributed by atoms with Crippen molar-refractivity contribution in [2.45, 2.75) is 0 Å². The average molecular weight is 243 g/mol. The third-order valence-corrected chi connectivity index (χ3v) is 3.13. The van der Waals surface area contributed by atoms with Crippen LogP contribution >= 0.6 is 0 Å². The summed E-state index contributed by atoms with van der Waals surface area (Å²) in [5.74, 6) is 0. The standard InChI is InChI=1S/C12H29N5/c1-15(2)7-4-14-12-16(3)10-11-17-8-5-13-6-9-17/h13-14H,4-12H2,1-3H3. The number of nitrogens with one attached hydrogen (secondary N) is 2. The summed E-state index contributed by atoms with van der Waals surface area (Å²) in [7, 11) is 6.40. The van der Waals surface area contributed by atoms with E-state index in [1.54, 1.807) is 0 Å². The van der Waals surface area contributed by atoms with E-state index in [0.29, 0.717) is 0 Å². The SMILES string of the molecule is CN(C)CCNCN(C)CCN1CCNCC1. The Bertz CT molecular complexity index is 180. The molecule has 5 nitrogen and oxygen atoms in total. The lowest BCUT2D eigenvalue weighted by molar-refractivity contribution is 0.199. The van der Waals surface area contributed by atoms with Gasteiger partial charge in [0, 0.05) is 59.0 Å². The van der Waals surface area contributed by atoms with Gasteiger partial charge in [-0.1, -0.05) is 0 Å². The first kappa shape index (κ1) is 14.9. The van der Waals surface area contributed by atoms with Crippen LogP contribution in [0, 0.1) is 0 Å². The van der Waals surface area contributed by atoms with Gasteiger partial charge in [-0.3, -0.25) is 9.80 Å². The Morgan fingerprint density at radius 3 is 2.47 bits per heavy atom. The molecule has 1 saturated heterocycles. The summed E-state index contributed by atoms with van der Waals surface area (Å²) in [5.41, 5.74) is 0. The molecule has 2 N–H and O–H groups in total. The fourth-order valence-electron chi connectivity index (χ4n) is 1.90. The highest BCUT2D eigenvalue weighted by Gasteiger charge is 2.09. The van der Waals surface area contributed by atoms with E-state index >= 15 is 0 Å². The average Bonchev–Trinajstić information content (AvgIpc) is 2.33. The van der Waals surface area contributed by atoms with Crippen LogP contribution in [0.2, 0.25) is 0 Å². The maximum atomic E-state index is 3.46. The maximum absolute atomic E-state index is 3.46. The first-order valence-corrected chi connectivity index (χ1v) is 6.65. The van der Waals surface area contributed by atoms with Crippen molar-refractivity contribution >= 4 is 0 Å². The van der Waals surface area contributed by atoms with Gasteiger partial charge in [0.05, 0.1) is 0 Å². The van der Waals surface area contributed by atoms with Gasteiger partial charge in [-0.2, -0.15) is 0 Å². The molecule has 0 atom stereocenters. The quantitative estimate of drug-likeness (QED) is 0.419. The second-order valence-corrected chi connectivity index (χ2v) is 5.13. The molecule has 1 aliphatic rings. The molecule has 0 unspecified atom stereocenters. The summed E-state index contributed by atoms with van der Waals surface area (Å²) >= 11 is 0. The molecule has 0 bridgehead atoms. The van der Waals surface area contributed by atoms with Crippen LogP contribution in [0.15, 0.2) is 0 Å². The summed E-state index contributed by atoms with van der Waals surface area (Å²) in [6.07, 6.45) is 0. The van der Waals surface area contributed by atoms with Crippen LogP contribution in [0.4, 0.5) is 0 Å². The summed E-state index contributed by atoms with van der Waals surface area (Å²) in [6, 6.07) is 0. The second-order valence-electron chi connectivity index (χ2n) is 5.13. The number of rotatable bonds is 8. The highest BCUT2D eigenvalue weighted by molar-refractivity contribution is 4.68. The molecule has 1 heterocycles. The van der Waals surface area contributed by atoms with Crippen molar-refractivity contribution in [3.05, 3.63) is 0 Å². The molecule has 17 heavy (non-hydrogen) atoms. The molecule has 0 aromatic rings. The predicted octanol–water partition coefficient (Wildman–Crippen LogP) is -1.07. The van der Waals surface area contributed by atoms with Crippen molar-refractivity contribution in [3.63, 3.8) is 0 Å². The monoisotopic (exact) mass is 243 g/mol. The first-order valence-electron chi connectivity index (χ1n) is 6.65. The fourth-order valence-corrected chi connectivity index (χ4v) is 1.90. The van der Waals surface area contributed by atoms with Crippen molar-refractivity contribution < 1.29 is 0 Å². The van der Waals surface area contributed by atoms with Gasteiger partial charge in [-0.15, -0.1) is 0 Å². The molecule has 1 rings (SSSR count). The topological polar surface area (TPSA) is 33.8 Å². The number of hydrogen-bond acceptors (Lipinski definition) is 5. The van der Waals surface area contributed by atoms with Gasteiger partial charge in [0.2, 0.25) is 0 Å². The van der Waals surface area contributed by atoms with Crippen molar-refractivity contribution in [2.75, 3.05) is 80.2 Å². The Kier molecular flexibility index (Phi) is 7.72. The van der Waals surface area contributed by atoms with E-state index < -0.39 is 0 Å². The third-order valence-electron chi connectivity index (χ3n) is 3.13. The Labute approximate surface area is 106 Å². The molecule has 1 aliphatic heterocycles. The lowest BCUT2D eigenvalue weighted by Crippen LogP contribution is -2.46. The van der Waals surface area contributed by atoms with E-state index in [-0.39, 0.29) is 0 Å². The van der Waals surface area contributed by atoms with E-state index in [2.05, 4.69) is 46.5 Å². The molecular formula is C12H29N5. The van der Waals surface area contributed by atoms with Gasteiger partial charge < -0.3 is 15.5 Å². The first-order chi connectivity index (χ1) is 8.18. The lowest BCUT2D eigenvalue weighted by atomic mass is 10.3. The molecule has 5 heteroatoms.